The summed E-state index contributed by atoms with van der Waals surface area (Å²) in [5.74, 6) is 0. The fourth-order valence-corrected chi connectivity index (χ4v) is 14.8. The van der Waals surface area contributed by atoms with Gasteiger partial charge in [-0.1, -0.05) is 109 Å². The molecular formula is C36H30N4P2. The first-order valence-corrected chi connectivity index (χ1v) is 17.1. The number of hydrogen-bond acceptors (Lipinski definition) is 0. The van der Waals surface area contributed by atoms with Crippen molar-refractivity contribution in [3.05, 3.63) is 198 Å². The molecule has 0 atom stereocenters. The topological polar surface area (TPSA) is 72.8 Å². The van der Waals surface area contributed by atoms with Crippen molar-refractivity contribution < 1.29 is 0 Å². The number of hydrogen-bond donors (Lipinski definition) is 0. The van der Waals surface area contributed by atoms with Crippen LogP contribution in [0.5, 0.6) is 0 Å². The highest BCUT2D eigenvalue weighted by atomic mass is 31.2. The van der Waals surface area contributed by atoms with Crippen molar-refractivity contribution in [2.45, 2.75) is 0 Å². The van der Waals surface area contributed by atoms with E-state index in [1.54, 1.807) is 0 Å². The number of nitrogens with zero attached hydrogens (tertiary/aromatic N) is 4. The molecule has 0 saturated heterocycles. The Morgan fingerprint density at radius 3 is 0.571 bits per heavy atom. The monoisotopic (exact) mass is 580 g/mol. The van der Waals surface area contributed by atoms with Crippen LogP contribution < -0.4 is 36.0 Å². The molecule has 0 unspecified atom stereocenters. The quantitative estimate of drug-likeness (QED) is 0.0860. The Bertz CT molecular complexity index is 1530. The first kappa shape index (κ1) is 28.7. The smallest absolute Gasteiger partial charge is 0.301 e. The molecule has 204 valence electrons. The summed E-state index contributed by atoms with van der Waals surface area (Å²) in [4.78, 5) is 1.50. The largest absolute Gasteiger partial charge is 0.373 e. The SMILES string of the molecule is [N-]=[N+]=[N-].c1ccc(P(=[N+]=P(c2ccccc2)(c2ccccc2)c2ccccc2)(c2ccccc2)c2ccccc2)cc1. The Balaban J connectivity index is 0.00000113. The minimum Gasteiger partial charge on any atom is -0.373 e. The molecule has 6 aromatic carbocycles. The predicted molar refractivity (Wildman–Crippen MR) is 183 cm³/mol. The molecule has 42 heavy (non-hydrogen) atoms. The van der Waals surface area contributed by atoms with E-state index >= 15 is 0 Å². The predicted octanol–water partition coefficient (Wildman–Crippen LogP) is 7.28. The van der Waals surface area contributed by atoms with Gasteiger partial charge in [0, 0.05) is 0 Å². The molecule has 0 N–H and O–H groups in total. The average molecular weight is 581 g/mol. The van der Waals surface area contributed by atoms with Crippen molar-refractivity contribution >= 4 is 45.9 Å². The molecular weight excluding hydrogens is 550 g/mol. The maximum absolute atomic E-state index is 6.75. The van der Waals surface area contributed by atoms with E-state index in [0.717, 1.165) is 0 Å². The molecule has 0 aromatic heterocycles. The van der Waals surface area contributed by atoms with E-state index in [1.165, 1.54) is 36.7 Å². The molecule has 0 radical (unpaired) electrons. The molecule has 6 rings (SSSR count). The van der Waals surface area contributed by atoms with Crippen LogP contribution in [-0.2, 0) is 0 Å². The number of benzene rings is 6. The molecule has 0 aliphatic heterocycles. The van der Waals surface area contributed by atoms with Crippen molar-refractivity contribution in [3.8, 4) is 0 Å². The molecule has 6 aromatic rings. The summed E-state index contributed by atoms with van der Waals surface area (Å²) < 4.78 is 6.38. The minimum atomic E-state index is -2.50. The van der Waals surface area contributed by atoms with E-state index in [9.17, 15) is 0 Å². The van der Waals surface area contributed by atoms with Crippen molar-refractivity contribution in [2.24, 2.45) is 0 Å². The third-order valence-electron chi connectivity index (χ3n) is 7.05. The lowest BCUT2D eigenvalue weighted by molar-refractivity contribution is 1.67. The van der Waals surface area contributed by atoms with Crippen molar-refractivity contribution in [1.29, 1.82) is 0 Å². The second-order valence-electron chi connectivity index (χ2n) is 9.46. The van der Waals surface area contributed by atoms with Crippen LogP contribution in [0.25, 0.3) is 16.0 Å². The molecule has 0 aliphatic carbocycles. The second kappa shape index (κ2) is 13.7. The van der Waals surface area contributed by atoms with Crippen LogP contribution in [0.4, 0.5) is 0 Å². The zero-order valence-electron chi connectivity index (χ0n) is 23.0. The minimum absolute atomic E-state index is 1.26. The standard InChI is InChI=1S/C36H30NP2.N3/c1-7-19-31(20-8-1)38(32-21-9-2-10-22-32,33-23-11-3-12-24-33)37-39(34-25-13-4-14-26-34,35-27-15-5-16-28-35)36-29-17-6-18-30-36;1-3-2/h1-30H;/q+1;-1. The lowest BCUT2D eigenvalue weighted by atomic mass is 10.4. The van der Waals surface area contributed by atoms with Gasteiger partial charge in [0.1, 0.15) is 0 Å². The van der Waals surface area contributed by atoms with Crippen molar-refractivity contribution in [1.82, 2.24) is 4.17 Å². The van der Waals surface area contributed by atoms with Crippen LogP contribution in [0.15, 0.2) is 182 Å². The van der Waals surface area contributed by atoms with E-state index < -0.39 is 14.1 Å². The van der Waals surface area contributed by atoms with Crippen LogP contribution in [0.1, 0.15) is 0 Å². The Morgan fingerprint density at radius 1 is 0.286 bits per heavy atom. The average Bonchev–Trinajstić information content (AvgIpc) is 3.08. The van der Waals surface area contributed by atoms with Crippen molar-refractivity contribution in [2.75, 3.05) is 0 Å². The Kier molecular flexibility index (Phi) is 9.37. The maximum atomic E-state index is 6.75. The summed E-state index contributed by atoms with van der Waals surface area (Å²) in [5.41, 5.74) is 13.5. The lowest BCUT2D eigenvalue weighted by Crippen LogP contribution is -2.31. The van der Waals surface area contributed by atoms with E-state index in [1.807, 2.05) is 0 Å². The van der Waals surface area contributed by atoms with Crippen LogP contribution in [-0.4, -0.2) is 0 Å². The fraction of sp³-hybridized carbons (Fsp3) is 0. The van der Waals surface area contributed by atoms with Gasteiger partial charge >= 0.3 is 14.1 Å². The number of rotatable bonds is 6. The van der Waals surface area contributed by atoms with Gasteiger partial charge in [-0.05, 0) is 72.8 Å². The molecule has 0 amide bonds. The van der Waals surface area contributed by atoms with Gasteiger partial charge in [-0.3, -0.25) is 4.91 Å². The van der Waals surface area contributed by atoms with Gasteiger partial charge < -0.3 is 11.1 Å². The Hall–Kier alpha value is -4.80. The molecule has 6 heteroatoms. The summed E-state index contributed by atoms with van der Waals surface area (Å²) >= 11 is 0. The van der Waals surface area contributed by atoms with E-state index in [2.05, 4.69) is 182 Å². The molecule has 0 fully saturated rings. The van der Waals surface area contributed by atoms with Gasteiger partial charge in [0.2, 0.25) is 0 Å². The molecule has 0 saturated carbocycles. The fourth-order valence-electron chi connectivity index (χ4n) is 5.27. The highest BCUT2D eigenvalue weighted by Crippen LogP contribution is 2.50. The summed E-state index contributed by atoms with van der Waals surface area (Å²) in [6.07, 6.45) is 0. The summed E-state index contributed by atoms with van der Waals surface area (Å²) in [7, 11) is -4.99. The van der Waals surface area contributed by atoms with Gasteiger partial charge in [0.25, 0.3) is 0 Å². The van der Waals surface area contributed by atoms with Gasteiger partial charge in [0.15, 0.2) is 0 Å². The van der Waals surface area contributed by atoms with E-state index in [4.69, 9.17) is 15.2 Å². The van der Waals surface area contributed by atoms with E-state index in [-0.39, 0.29) is 0 Å². The first-order chi connectivity index (χ1) is 20.8. The van der Waals surface area contributed by atoms with Gasteiger partial charge in [0.05, 0.1) is 31.8 Å². The molecule has 0 bridgehead atoms. The van der Waals surface area contributed by atoms with Gasteiger partial charge in [-0.15, -0.1) is 4.17 Å². The van der Waals surface area contributed by atoms with Crippen LogP contribution in [0.3, 0.4) is 0 Å². The van der Waals surface area contributed by atoms with Crippen LogP contribution in [0.2, 0.25) is 0 Å². The summed E-state index contributed by atoms with van der Waals surface area (Å²) in [6.45, 7) is 0. The van der Waals surface area contributed by atoms with Crippen LogP contribution in [0, 0.1) is 0 Å². The first-order valence-electron chi connectivity index (χ1n) is 13.6. The third-order valence-corrected chi connectivity index (χ3v) is 15.5. The molecule has 0 aliphatic rings. The lowest BCUT2D eigenvalue weighted by Gasteiger charge is -2.20. The molecule has 0 heterocycles. The van der Waals surface area contributed by atoms with E-state index in [0.29, 0.717) is 0 Å². The second-order valence-corrected chi connectivity index (χ2v) is 15.8. The highest BCUT2D eigenvalue weighted by Gasteiger charge is 2.44. The Labute approximate surface area is 247 Å². The summed E-state index contributed by atoms with van der Waals surface area (Å²) in [6, 6.07) is 65.7. The van der Waals surface area contributed by atoms with Gasteiger partial charge in [-0.25, -0.2) is 0 Å². The zero-order chi connectivity index (χ0) is 29.1. The Morgan fingerprint density at radius 2 is 0.429 bits per heavy atom. The zero-order valence-corrected chi connectivity index (χ0v) is 24.8. The normalized spacial score (nSPS) is 10.9. The highest BCUT2D eigenvalue weighted by molar-refractivity contribution is 7.93. The molecule has 4 nitrogen and oxygen atoms in total. The van der Waals surface area contributed by atoms with Crippen LogP contribution >= 0.6 is 14.1 Å². The van der Waals surface area contributed by atoms with Crippen molar-refractivity contribution in [3.63, 3.8) is 0 Å². The summed E-state index contributed by atoms with van der Waals surface area (Å²) in [5, 5.41) is 7.55. The maximum Gasteiger partial charge on any atom is 0.301 e. The molecule has 0 spiro atoms. The third kappa shape index (κ3) is 5.67. The van der Waals surface area contributed by atoms with Gasteiger partial charge in [-0.2, -0.15) is 0 Å².